The first-order valence-corrected chi connectivity index (χ1v) is 10.0. The van der Waals surface area contributed by atoms with Crippen molar-refractivity contribution in [2.75, 3.05) is 46.4 Å². The number of β-amino-alcohol motifs (C(OH)–C–C–N with tert-alkyl or cyclic N) is 1. The Morgan fingerprint density at radius 3 is 2.63 bits per heavy atom. The summed E-state index contributed by atoms with van der Waals surface area (Å²) in [4.78, 5) is 29.5. The molecule has 0 bridgehead atoms. The highest BCUT2D eigenvalue weighted by Crippen LogP contribution is 2.53. The maximum Gasteiger partial charge on any atom is 0.407 e. The molecule has 2 aliphatic heterocycles. The van der Waals surface area contributed by atoms with E-state index in [-0.39, 0.29) is 42.5 Å². The van der Waals surface area contributed by atoms with Crippen molar-refractivity contribution in [2.24, 2.45) is 5.41 Å². The predicted molar refractivity (Wildman–Crippen MR) is 99.5 cm³/mol. The van der Waals surface area contributed by atoms with Gasteiger partial charge in [0, 0.05) is 45.8 Å². The number of nitrogens with zero attached hydrogens (tertiary/aromatic N) is 3. The van der Waals surface area contributed by atoms with Crippen LogP contribution in [0.15, 0.2) is 0 Å². The zero-order valence-electron chi connectivity index (χ0n) is 16.5. The summed E-state index contributed by atoms with van der Waals surface area (Å²) in [7, 11) is 1.63. The van der Waals surface area contributed by atoms with Crippen molar-refractivity contribution in [1.29, 1.82) is 0 Å². The molecule has 0 aromatic heterocycles. The average molecular weight is 383 g/mol. The first kappa shape index (κ1) is 20.4. The first-order chi connectivity index (χ1) is 12.9. The summed E-state index contributed by atoms with van der Waals surface area (Å²) in [5.41, 5.74) is 0.193. The van der Waals surface area contributed by atoms with Crippen LogP contribution in [0.5, 0.6) is 0 Å². The molecule has 1 aliphatic carbocycles. The molecule has 27 heavy (non-hydrogen) atoms. The van der Waals surface area contributed by atoms with E-state index in [1.54, 1.807) is 12.0 Å². The van der Waals surface area contributed by atoms with Crippen LogP contribution in [0.4, 0.5) is 4.79 Å². The summed E-state index contributed by atoms with van der Waals surface area (Å²) in [6.45, 7) is 5.43. The number of hydrogen-bond donors (Lipinski definition) is 2. The number of hydrogen-bond acceptors (Lipinski definition) is 5. The lowest BCUT2D eigenvalue weighted by molar-refractivity contribution is -0.134. The highest BCUT2D eigenvalue weighted by Gasteiger charge is 2.51. The Bertz CT molecular complexity index is 553. The molecule has 0 radical (unpaired) electrons. The summed E-state index contributed by atoms with van der Waals surface area (Å²) in [5.74, 6) is -0.0109. The van der Waals surface area contributed by atoms with Gasteiger partial charge in [0.15, 0.2) is 0 Å². The van der Waals surface area contributed by atoms with Crippen molar-refractivity contribution in [3.05, 3.63) is 0 Å². The maximum atomic E-state index is 12.6. The number of ether oxygens (including phenoxy) is 1. The first-order valence-electron chi connectivity index (χ1n) is 10.0. The number of amides is 2. The van der Waals surface area contributed by atoms with Gasteiger partial charge in [0.1, 0.15) is 0 Å². The third-order valence-electron chi connectivity index (χ3n) is 6.66. The van der Waals surface area contributed by atoms with Gasteiger partial charge in [-0.1, -0.05) is 0 Å². The van der Waals surface area contributed by atoms with Crippen molar-refractivity contribution in [3.8, 4) is 0 Å². The van der Waals surface area contributed by atoms with E-state index in [4.69, 9.17) is 4.74 Å². The third kappa shape index (κ3) is 4.55. The van der Waals surface area contributed by atoms with Crippen LogP contribution in [0, 0.1) is 5.41 Å². The highest BCUT2D eigenvalue weighted by atomic mass is 16.5. The molecule has 3 fully saturated rings. The summed E-state index contributed by atoms with van der Waals surface area (Å²) < 4.78 is 5.37. The Labute approximate surface area is 161 Å². The normalized spacial score (nSPS) is 29.7. The van der Waals surface area contributed by atoms with Crippen molar-refractivity contribution >= 4 is 12.0 Å². The van der Waals surface area contributed by atoms with Gasteiger partial charge in [0.25, 0.3) is 0 Å². The van der Waals surface area contributed by atoms with Crippen molar-refractivity contribution in [3.63, 3.8) is 0 Å². The Balaban J connectivity index is 1.58. The van der Waals surface area contributed by atoms with Crippen LogP contribution in [-0.2, 0) is 9.53 Å². The van der Waals surface area contributed by atoms with E-state index in [1.165, 1.54) is 4.90 Å². The van der Waals surface area contributed by atoms with E-state index in [0.717, 1.165) is 38.8 Å². The zero-order chi connectivity index (χ0) is 19.6. The fourth-order valence-corrected chi connectivity index (χ4v) is 4.58. The Morgan fingerprint density at radius 1 is 1.30 bits per heavy atom. The minimum absolute atomic E-state index is 0.0109. The van der Waals surface area contributed by atoms with E-state index in [1.807, 2.05) is 6.92 Å². The second-order valence-corrected chi connectivity index (χ2v) is 8.45. The molecule has 3 rings (SSSR count). The number of carboxylic acid groups (broad SMARTS) is 1. The molecular weight excluding hydrogens is 350 g/mol. The molecule has 8 heteroatoms. The number of likely N-dealkylation sites (tertiary alicyclic amines) is 1. The predicted octanol–water partition coefficient (Wildman–Crippen LogP) is 0.839. The largest absolute Gasteiger partial charge is 0.465 e. The number of aliphatic hydroxyl groups excluding tert-OH is 1. The van der Waals surface area contributed by atoms with Crippen LogP contribution in [-0.4, -0.2) is 102 Å². The standard InChI is InChI=1S/C19H33N3O5/c1-14-11-22(17(24)4-9-21(14)18(25)26)15(13-27-2)3-8-20-10-7-19(5-6-19)16(23)12-20/h14-16,23H,3-13H2,1-2H3,(H,25,26)/t14-,15+,16+/m0/s1. The summed E-state index contributed by atoms with van der Waals surface area (Å²) in [6, 6.07) is -0.313. The highest BCUT2D eigenvalue weighted by molar-refractivity contribution is 5.78. The molecule has 0 aromatic rings. The number of carbonyl (C=O) groups is 2. The SMILES string of the molecule is COC[C@@H](CCN1CCC2(CC2)[C@H](O)C1)N1C[C@H](C)N(C(=O)O)CCC1=O. The van der Waals surface area contributed by atoms with Crippen molar-refractivity contribution in [2.45, 2.75) is 57.2 Å². The fraction of sp³-hybridized carbons (Fsp3) is 0.895. The number of rotatable bonds is 6. The smallest absolute Gasteiger partial charge is 0.407 e. The van der Waals surface area contributed by atoms with Gasteiger partial charge in [-0.3, -0.25) is 4.79 Å². The van der Waals surface area contributed by atoms with Crippen LogP contribution in [0.25, 0.3) is 0 Å². The van der Waals surface area contributed by atoms with Gasteiger partial charge in [-0.05, 0) is 44.6 Å². The summed E-state index contributed by atoms with van der Waals surface area (Å²) in [5, 5.41) is 19.7. The topological polar surface area (TPSA) is 93.6 Å². The second-order valence-electron chi connectivity index (χ2n) is 8.45. The molecule has 8 nitrogen and oxygen atoms in total. The Morgan fingerprint density at radius 2 is 2.04 bits per heavy atom. The molecular formula is C19H33N3O5. The third-order valence-corrected chi connectivity index (χ3v) is 6.66. The molecule has 0 aromatic carbocycles. The van der Waals surface area contributed by atoms with Gasteiger partial charge >= 0.3 is 6.09 Å². The number of carbonyl (C=O) groups excluding carboxylic acids is 1. The summed E-state index contributed by atoms with van der Waals surface area (Å²) in [6.07, 6.45) is 3.10. The lowest BCUT2D eigenvalue weighted by Crippen LogP contribution is -2.50. The average Bonchev–Trinajstić information content (AvgIpc) is 3.41. The van der Waals surface area contributed by atoms with Crippen molar-refractivity contribution < 1.29 is 24.5 Å². The van der Waals surface area contributed by atoms with Crippen LogP contribution in [0.3, 0.4) is 0 Å². The van der Waals surface area contributed by atoms with Crippen LogP contribution in [0.2, 0.25) is 0 Å². The fourth-order valence-electron chi connectivity index (χ4n) is 4.58. The lowest BCUT2D eigenvalue weighted by Gasteiger charge is -2.38. The van der Waals surface area contributed by atoms with Crippen LogP contribution in [0.1, 0.15) is 39.0 Å². The van der Waals surface area contributed by atoms with E-state index in [2.05, 4.69) is 4.90 Å². The quantitative estimate of drug-likeness (QED) is 0.706. The molecule has 1 saturated carbocycles. The molecule has 1 spiro atoms. The number of piperidine rings is 1. The Hall–Kier alpha value is -1.38. The van der Waals surface area contributed by atoms with Gasteiger partial charge in [0.2, 0.25) is 5.91 Å². The van der Waals surface area contributed by atoms with E-state index < -0.39 is 6.09 Å². The van der Waals surface area contributed by atoms with Gasteiger partial charge in [-0.2, -0.15) is 0 Å². The molecule has 2 amide bonds. The van der Waals surface area contributed by atoms with Gasteiger partial charge in [-0.25, -0.2) is 4.79 Å². The van der Waals surface area contributed by atoms with Crippen LogP contribution >= 0.6 is 0 Å². The number of methoxy groups -OCH3 is 1. The van der Waals surface area contributed by atoms with Gasteiger partial charge in [0.05, 0.1) is 18.8 Å². The van der Waals surface area contributed by atoms with E-state index in [0.29, 0.717) is 19.7 Å². The van der Waals surface area contributed by atoms with Gasteiger partial charge in [-0.15, -0.1) is 0 Å². The lowest BCUT2D eigenvalue weighted by atomic mass is 9.90. The molecule has 2 N–H and O–H groups in total. The van der Waals surface area contributed by atoms with Crippen molar-refractivity contribution in [1.82, 2.24) is 14.7 Å². The van der Waals surface area contributed by atoms with Crippen LogP contribution < -0.4 is 0 Å². The molecule has 154 valence electrons. The summed E-state index contributed by atoms with van der Waals surface area (Å²) >= 11 is 0. The maximum absolute atomic E-state index is 12.6. The number of aliphatic hydroxyl groups is 1. The minimum atomic E-state index is -0.975. The molecule has 3 atom stereocenters. The minimum Gasteiger partial charge on any atom is -0.465 e. The molecule has 2 heterocycles. The van der Waals surface area contributed by atoms with Gasteiger partial charge < -0.3 is 29.6 Å². The second kappa shape index (κ2) is 8.32. The molecule has 2 saturated heterocycles. The van der Waals surface area contributed by atoms with E-state index in [9.17, 15) is 19.8 Å². The zero-order valence-corrected chi connectivity index (χ0v) is 16.5. The van der Waals surface area contributed by atoms with E-state index >= 15 is 0 Å². The molecule has 3 aliphatic rings. The molecule has 0 unspecified atom stereocenters. The monoisotopic (exact) mass is 383 g/mol. The Kier molecular flexibility index (Phi) is 6.28.